The predicted octanol–water partition coefficient (Wildman–Crippen LogP) is 4.73. The first-order chi connectivity index (χ1) is 8.83. The third-order valence-corrected chi connectivity index (χ3v) is 4.11. The van der Waals surface area contributed by atoms with E-state index in [4.69, 9.17) is 0 Å². The summed E-state index contributed by atoms with van der Waals surface area (Å²) in [6, 6.07) is 11.3. The summed E-state index contributed by atoms with van der Waals surface area (Å²) in [4.78, 5) is 1.37. The molecule has 0 aliphatic carbocycles. The zero-order valence-corrected chi connectivity index (χ0v) is 12.6. The van der Waals surface area contributed by atoms with E-state index in [9.17, 15) is 0 Å². The summed E-state index contributed by atoms with van der Waals surface area (Å²) >= 11 is 1.93. The minimum Gasteiger partial charge on any atom is -0.313 e. The zero-order valence-electron chi connectivity index (χ0n) is 11.8. The van der Waals surface area contributed by atoms with Gasteiger partial charge in [-0.1, -0.05) is 50.8 Å². The maximum atomic E-state index is 3.61. The average Bonchev–Trinajstić information content (AvgIpc) is 2.41. The van der Waals surface area contributed by atoms with Crippen LogP contribution in [0.25, 0.3) is 0 Å². The first-order valence-electron chi connectivity index (χ1n) is 7.24. The van der Waals surface area contributed by atoms with Gasteiger partial charge in [0, 0.05) is 23.2 Å². The number of thioether (sulfide) groups is 1. The molecule has 0 aliphatic heterocycles. The summed E-state index contributed by atoms with van der Waals surface area (Å²) < 4.78 is 0. The largest absolute Gasteiger partial charge is 0.313 e. The molecule has 0 fully saturated rings. The van der Waals surface area contributed by atoms with Crippen LogP contribution in [0.5, 0.6) is 0 Å². The zero-order chi connectivity index (χ0) is 13.1. The van der Waals surface area contributed by atoms with Gasteiger partial charge in [-0.2, -0.15) is 0 Å². The third kappa shape index (κ3) is 7.78. The summed E-state index contributed by atoms with van der Waals surface area (Å²) in [5, 5.41) is 3.61. The summed E-state index contributed by atoms with van der Waals surface area (Å²) in [5.41, 5.74) is 0. The fourth-order valence-corrected chi connectivity index (χ4v) is 2.78. The highest BCUT2D eigenvalue weighted by molar-refractivity contribution is 7.99. The molecule has 0 aromatic heterocycles. The lowest BCUT2D eigenvalue weighted by Gasteiger charge is -2.13. The fourth-order valence-electron chi connectivity index (χ4n) is 1.97. The van der Waals surface area contributed by atoms with E-state index < -0.39 is 0 Å². The van der Waals surface area contributed by atoms with Crippen molar-refractivity contribution >= 4 is 11.8 Å². The Morgan fingerprint density at radius 1 is 1.11 bits per heavy atom. The van der Waals surface area contributed by atoms with Crippen molar-refractivity contribution in [1.29, 1.82) is 0 Å². The van der Waals surface area contributed by atoms with Crippen LogP contribution >= 0.6 is 11.8 Å². The molecule has 102 valence electrons. The molecule has 1 unspecified atom stereocenters. The minimum absolute atomic E-state index is 0.665. The number of benzene rings is 1. The van der Waals surface area contributed by atoms with Crippen LogP contribution in [0.2, 0.25) is 0 Å². The molecule has 1 aromatic rings. The second-order valence-electron chi connectivity index (χ2n) is 4.87. The lowest BCUT2D eigenvalue weighted by Crippen LogP contribution is -2.28. The van der Waals surface area contributed by atoms with Crippen LogP contribution in [0.3, 0.4) is 0 Å². The summed E-state index contributed by atoms with van der Waals surface area (Å²) in [6.07, 6.45) is 6.79. The molecular weight excluding hydrogens is 238 g/mol. The van der Waals surface area contributed by atoms with E-state index in [0.717, 1.165) is 12.3 Å². The molecule has 1 nitrogen and oxygen atoms in total. The first-order valence-corrected chi connectivity index (χ1v) is 8.22. The summed E-state index contributed by atoms with van der Waals surface area (Å²) in [6.45, 7) is 5.68. The molecular formula is C16H27NS. The van der Waals surface area contributed by atoms with Gasteiger partial charge in [-0.25, -0.2) is 0 Å². The highest BCUT2D eigenvalue weighted by Gasteiger charge is 2.00. The standard InChI is InChI=1S/C16H27NS/c1-3-4-5-7-10-15(2)17-13-14-18-16-11-8-6-9-12-16/h6,8-9,11-12,15,17H,3-5,7,10,13-14H2,1-2H3. The molecule has 0 amide bonds. The van der Waals surface area contributed by atoms with E-state index >= 15 is 0 Å². The van der Waals surface area contributed by atoms with Crippen molar-refractivity contribution in [2.45, 2.75) is 56.9 Å². The van der Waals surface area contributed by atoms with Gasteiger partial charge in [-0.05, 0) is 25.5 Å². The van der Waals surface area contributed by atoms with Gasteiger partial charge in [-0.3, -0.25) is 0 Å². The van der Waals surface area contributed by atoms with Crippen molar-refractivity contribution in [1.82, 2.24) is 5.32 Å². The van der Waals surface area contributed by atoms with Gasteiger partial charge in [0.1, 0.15) is 0 Å². The summed E-state index contributed by atoms with van der Waals surface area (Å²) in [5.74, 6) is 1.16. The van der Waals surface area contributed by atoms with E-state index in [1.807, 2.05) is 11.8 Å². The highest BCUT2D eigenvalue weighted by atomic mass is 32.2. The number of rotatable bonds is 10. The number of nitrogens with one attached hydrogen (secondary N) is 1. The predicted molar refractivity (Wildman–Crippen MR) is 83.4 cm³/mol. The Balaban J connectivity index is 1.97. The second kappa shape index (κ2) is 10.5. The smallest absolute Gasteiger partial charge is 0.0106 e. The Morgan fingerprint density at radius 2 is 1.89 bits per heavy atom. The van der Waals surface area contributed by atoms with Crippen LogP contribution in [0, 0.1) is 0 Å². The van der Waals surface area contributed by atoms with E-state index in [-0.39, 0.29) is 0 Å². The van der Waals surface area contributed by atoms with Crippen molar-refractivity contribution in [2.24, 2.45) is 0 Å². The van der Waals surface area contributed by atoms with Crippen LogP contribution in [-0.2, 0) is 0 Å². The molecule has 2 heteroatoms. The third-order valence-electron chi connectivity index (χ3n) is 3.10. The molecule has 1 rings (SSSR count). The van der Waals surface area contributed by atoms with Crippen molar-refractivity contribution in [2.75, 3.05) is 12.3 Å². The normalized spacial score (nSPS) is 12.6. The Hall–Kier alpha value is -0.470. The van der Waals surface area contributed by atoms with Gasteiger partial charge < -0.3 is 5.32 Å². The fraction of sp³-hybridized carbons (Fsp3) is 0.625. The number of unbranched alkanes of at least 4 members (excludes halogenated alkanes) is 3. The van der Waals surface area contributed by atoms with Crippen molar-refractivity contribution in [3.05, 3.63) is 30.3 Å². The van der Waals surface area contributed by atoms with E-state index in [1.54, 1.807) is 0 Å². The Labute approximate surface area is 117 Å². The SMILES string of the molecule is CCCCCCC(C)NCCSc1ccccc1. The molecule has 0 bridgehead atoms. The Kier molecular flexibility index (Phi) is 9.05. The van der Waals surface area contributed by atoms with E-state index in [2.05, 4.69) is 49.5 Å². The molecule has 1 atom stereocenters. The number of hydrogen-bond donors (Lipinski definition) is 1. The molecule has 1 aromatic carbocycles. The lowest BCUT2D eigenvalue weighted by molar-refractivity contribution is 0.496. The second-order valence-corrected chi connectivity index (χ2v) is 6.03. The molecule has 0 heterocycles. The monoisotopic (exact) mass is 265 g/mol. The van der Waals surface area contributed by atoms with Crippen LogP contribution in [0.4, 0.5) is 0 Å². The van der Waals surface area contributed by atoms with Gasteiger partial charge >= 0.3 is 0 Å². The topological polar surface area (TPSA) is 12.0 Å². The average molecular weight is 265 g/mol. The van der Waals surface area contributed by atoms with Gasteiger partial charge in [-0.15, -0.1) is 11.8 Å². The van der Waals surface area contributed by atoms with Gasteiger partial charge in [0.15, 0.2) is 0 Å². The van der Waals surface area contributed by atoms with E-state index in [1.165, 1.54) is 37.0 Å². The van der Waals surface area contributed by atoms with Crippen LogP contribution in [0.15, 0.2) is 35.2 Å². The number of hydrogen-bond acceptors (Lipinski definition) is 2. The van der Waals surface area contributed by atoms with Crippen molar-refractivity contribution in [3.8, 4) is 0 Å². The molecule has 0 radical (unpaired) electrons. The maximum Gasteiger partial charge on any atom is 0.0106 e. The van der Waals surface area contributed by atoms with Gasteiger partial charge in [0.05, 0.1) is 0 Å². The maximum absolute atomic E-state index is 3.61. The van der Waals surface area contributed by atoms with Crippen LogP contribution in [0.1, 0.15) is 46.0 Å². The minimum atomic E-state index is 0.665. The quantitative estimate of drug-likeness (QED) is 0.485. The Bertz CT molecular complexity index is 286. The van der Waals surface area contributed by atoms with Crippen LogP contribution in [-0.4, -0.2) is 18.3 Å². The van der Waals surface area contributed by atoms with E-state index in [0.29, 0.717) is 6.04 Å². The lowest BCUT2D eigenvalue weighted by atomic mass is 10.1. The van der Waals surface area contributed by atoms with Crippen LogP contribution < -0.4 is 5.32 Å². The van der Waals surface area contributed by atoms with Crippen molar-refractivity contribution in [3.63, 3.8) is 0 Å². The highest BCUT2D eigenvalue weighted by Crippen LogP contribution is 2.15. The van der Waals surface area contributed by atoms with Gasteiger partial charge in [0.25, 0.3) is 0 Å². The van der Waals surface area contributed by atoms with Crippen molar-refractivity contribution < 1.29 is 0 Å². The first kappa shape index (κ1) is 15.6. The molecule has 0 aliphatic rings. The molecule has 0 saturated carbocycles. The Morgan fingerprint density at radius 3 is 2.61 bits per heavy atom. The van der Waals surface area contributed by atoms with Gasteiger partial charge in [0.2, 0.25) is 0 Å². The molecule has 0 saturated heterocycles. The molecule has 18 heavy (non-hydrogen) atoms. The summed E-state index contributed by atoms with van der Waals surface area (Å²) in [7, 11) is 0. The molecule has 1 N–H and O–H groups in total. The molecule has 0 spiro atoms.